The summed E-state index contributed by atoms with van der Waals surface area (Å²) < 4.78 is 35.0. The van der Waals surface area contributed by atoms with Crippen LogP contribution in [0.2, 0.25) is 0 Å². The van der Waals surface area contributed by atoms with Crippen LogP contribution >= 0.6 is 0 Å². The highest BCUT2D eigenvalue weighted by atomic mass is 32.2. The van der Waals surface area contributed by atoms with E-state index < -0.39 is 10.0 Å². The van der Waals surface area contributed by atoms with Crippen molar-refractivity contribution in [3.8, 4) is 5.69 Å². The topological polar surface area (TPSA) is 86.1 Å². The predicted molar refractivity (Wildman–Crippen MR) is 84.9 cm³/mol. The summed E-state index contributed by atoms with van der Waals surface area (Å²) in [4.78, 5) is 0. The van der Waals surface area contributed by atoms with E-state index in [9.17, 15) is 8.42 Å². The van der Waals surface area contributed by atoms with Gasteiger partial charge in [-0.1, -0.05) is 23.4 Å². The van der Waals surface area contributed by atoms with E-state index in [0.29, 0.717) is 18.6 Å². The van der Waals surface area contributed by atoms with Crippen LogP contribution in [0.15, 0.2) is 41.6 Å². The smallest absolute Gasteiger partial charge is 0.261 e. The quantitative estimate of drug-likeness (QED) is 0.872. The highest BCUT2D eigenvalue weighted by molar-refractivity contribution is 7.89. The van der Waals surface area contributed by atoms with Crippen LogP contribution in [0.25, 0.3) is 5.69 Å². The van der Waals surface area contributed by atoms with Crippen LogP contribution in [0, 0.1) is 17.8 Å². The van der Waals surface area contributed by atoms with Gasteiger partial charge in [0, 0.05) is 12.5 Å². The molecule has 7 nitrogen and oxygen atoms in total. The number of aromatic nitrogens is 3. The van der Waals surface area contributed by atoms with Crippen molar-refractivity contribution in [1.82, 2.24) is 19.7 Å². The molecule has 24 heavy (non-hydrogen) atoms. The molecule has 0 spiro atoms. The summed E-state index contributed by atoms with van der Waals surface area (Å²) in [7, 11) is -3.66. The summed E-state index contributed by atoms with van der Waals surface area (Å²) in [6.07, 6.45) is 4.25. The number of nitrogens with one attached hydrogen (secondary N) is 1. The Balaban J connectivity index is 1.29. The first-order chi connectivity index (χ1) is 11.6. The van der Waals surface area contributed by atoms with Crippen LogP contribution in [0.1, 0.15) is 12.8 Å². The number of hydrogen-bond donors (Lipinski definition) is 1. The molecule has 1 saturated carbocycles. The normalized spacial score (nSPS) is 33.6. The number of sulfonamides is 1. The second kappa shape index (κ2) is 5.11. The first-order valence-electron chi connectivity index (χ1n) is 8.25. The minimum absolute atomic E-state index is 0.0558. The number of fused-ring (bicyclic) bond motifs is 5. The molecule has 0 amide bonds. The van der Waals surface area contributed by atoms with Crippen LogP contribution in [0.4, 0.5) is 0 Å². The van der Waals surface area contributed by atoms with E-state index in [-0.39, 0.29) is 17.0 Å². The van der Waals surface area contributed by atoms with Crippen LogP contribution in [-0.4, -0.2) is 42.2 Å². The molecule has 8 heteroatoms. The lowest BCUT2D eigenvalue weighted by Gasteiger charge is -2.18. The Bertz CT molecular complexity index is 866. The Hall–Kier alpha value is -1.77. The van der Waals surface area contributed by atoms with Crippen molar-refractivity contribution in [2.75, 3.05) is 6.54 Å². The van der Waals surface area contributed by atoms with E-state index in [2.05, 4.69) is 15.0 Å². The van der Waals surface area contributed by atoms with Crippen LogP contribution in [-0.2, 0) is 14.8 Å². The third-order valence-corrected chi connectivity index (χ3v) is 6.71. The Kier molecular flexibility index (Phi) is 3.10. The maximum absolute atomic E-state index is 12.5. The minimum Gasteiger partial charge on any atom is -0.374 e. The molecule has 3 fully saturated rings. The number of nitrogens with zero attached hydrogens (tertiary/aromatic N) is 3. The van der Waals surface area contributed by atoms with Crippen molar-refractivity contribution >= 4 is 10.0 Å². The third-order valence-electron chi connectivity index (χ3n) is 5.43. The van der Waals surface area contributed by atoms with E-state index in [1.807, 2.05) is 30.3 Å². The fourth-order valence-corrected chi connectivity index (χ4v) is 5.10. The van der Waals surface area contributed by atoms with E-state index >= 15 is 0 Å². The van der Waals surface area contributed by atoms with Crippen LogP contribution in [0.5, 0.6) is 0 Å². The molecule has 1 aromatic carbocycles. The van der Waals surface area contributed by atoms with E-state index in [4.69, 9.17) is 4.74 Å². The van der Waals surface area contributed by atoms with E-state index in [1.165, 1.54) is 17.3 Å². The number of hydrogen-bond acceptors (Lipinski definition) is 5. The lowest BCUT2D eigenvalue weighted by atomic mass is 9.89. The van der Waals surface area contributed by atoms with Crippen molar-refractivity contribution in [2.45, 2.75) is 30.1 Å². The van der Waals surface area contributed by atoms with Crippen molar-refractivity contribution in [3.05, 3.63) is 36.5 Å². The number of benzene rings is 1. The van der Waals surface area contributed by atoms with Crippen molar-refractivity contribution in [2.24, 2.45) is 17.8 Å². The number of ether oxygens (including phenoxy) is 1. The fourth-order valence-electron chi connectivity index (χ4n) is 4.14. The second-order valence-electron chi connectivity index (χ2n) is 6.89. The minimum atomic E-state index is -3.66. The second-order valence-corrected chi connectivity index (χ2v) is 8.60. The molecule has 2 aromatic rings. The van der Waals surface area contributed by atoms with Gasteiger partial charge in [0.25, 0.3) is 10.0 Å². The maximum atomic E-state index is 12.5. The van der Waals surface area contributed by atoms with Gasteiger partial charge in [-0.25, -0.2) is 17.8 Å². The molecule has 2 bridgehead atoms. The van der Waals surface area contributed by atoms with Crippen molar-refractivity contribution in [3.63, 3.8) is 0 Å². The Labute approximate surface area is 140 Å². The Morgan fingerprint density at radius 2 is 2.04 bits per heavy atom. The molecule has 5 atom stereocenters. The summed E-state index contributed by atoms with van der Waals surface area (Å²) in [5.74, 6) is 1.68. The van der Waals surface area contributed by atoms with Crippen molar-refractivity contribution in [1.29, 1.82) is 0 Å². The monoisotopic (exact) mass is 346 g/mol. The molecule has 3 aliphatic rings. The maximum Gasteiger partial charge on any atom is 0.261 e. The molecule has 2 aliphatic heterocycles. The highest BCUT2D eigenvalue weighted by Crippen LogP contribution is 2.60. The average Bonchev–Trinajstić information content (AvgIpc) is 2.98. The summed E-state index contributed by atoms with van der Waals surface area (Å²) in [5.41, 5.74) is 0.771. The first-order valence-corrected chi connectivity index (χ1v) is 9.73. The molecule has 1 N–H and O–H groups in total. The first kappa shape index (κ1) is 14.6. The number of para-hydroxylation sites is 1. The molecule has 5 rings (SSSR count). The van der Waals surface area contributed by atoms with Crippen LogP contribution in [0.3, 0.4) is 0 Å². The molecule has 126 valence electrons. The fraction of sp³-hybridized carbons (Fsp3) is 0.500. The van der Waals surface area contributed by atoms with Crippen molar-refractivity contribution < 1.29 is 13.2 Å². The summed E-state index contributed by atoms with van der Waals surface area (Å²) >= 11 is 0. The molecule has 1 aliphatic carbocycles. The molecular formula is C16H18N4O3S. The van der Waals surface area contributed by atoms with Gasteiger partial charge < -0.3 is 4.74 Å². The predicted octanol–water partition coefficient (Wildman–Crippen LogP) is 0.969. The highest BCUT2D eigenvalue weighted by Gasteiger charge is 2.62. The largest absolute Gasteiger partial charge is 0.374 e. The van der Waals surface area contributed by atoms with E-state index in [0.717, 1.165) is 18.0 Å². The molecule has 1 aromatic heterocycles. The SMILES string of the molecule is O=S(=O)(NC[C@@H]1C[C@@H]2O[C@H]1[C@H]1C[C@H]12)c1cn(-c2ccccc2)nn1. The summed E-state index contributed by atoms with van der Waals surface area (Å²) in [6.45, 7) is 0.408. The molecule has 0 unspecified atom stereocenters. The Morgan fingerprint density at radius 3 is 2.79 bits per heavy atom. The van der Waals surface area contributed by atoms with Gasteiger partial charge in [0.05, 0.1) is 24.1 Å². The van der Waals surface area contributed by atoms with Gasteiger partial charge in [0.2, 0.25) is 5.03 Å². The summed E-state index contributed by atoms with van der Waals surface area (Å²) in [6, 6.07) is 9.31. The van der Waals surface area contributed by atoms with Gasteiger partial charge in [-0.15, -0.1) is 5.10 Å². The zero-order valence-electron chi connectivity index (χ0n) is 12.9. The van der Waals surface area contributed by atoms with Gasteiger partial charge in [0.15, 0.2) is 0 Å². The third kappa shape index (κ3) is 2.28. The number of rotatable bonds is 5. The molecule has 2 saturated heterocycles. The lowest BCUT2D eigenvalue weighted by molar-refractivity contribution is 0.0617. The lowest BCUT2D eigenvalue weighted by Crippen LogP contribution is -2.34. The van der Waals surface area contributed by atoms with Crippen LogP contribution < -0.4 is 4.72 Å². The molecular weight excluding hydrogens is 328 g/mol. The van der Waals surface area contributed by atoms with Gasteiger partial charge in [-0.3, -0.25) is 0 Å². The van der Waals surface area contributed by atoms with Gasteiger partial charge in [0.1, 0.15) is 0 Å². The van der Waals surface area contributed by atoms with Gasteiger partial charge in [-0.2, -0.15) is 0 Å². The zero-order valence-corrected chi connectivity index (χ0v) is 13.8. The molecule has 0 radical (unpaired) electrons. The van der Waals surface area contributed by atoms with Gasteiger partial charge in [-0.05, 0) is 36.8 Å². The zero-order chi connectivity index (χ0) is 16.3. The Morgan fingerprint density at radius 1 is 1.21 bits per heavy atom. The standard InChI is InChI=1S/C16H18N4O3S/c21-24(22,15-9-20(19-18-15)11-4-2-1-3-5-11)17-8-10-6-14-12-7-13(12)16(10)23-14/h1-5,9-10,12-14,16-17H,6-8H2/t10-,12+,13-,14-,16+/m0/s1. The summed E-state index contributed by atoms with van der Waals surface area (Å²) in [5, 5.41) is 7.67. The molecule has 3 heterocycles. The average molecular weight is 346 g/mol. The van der Waals surface area contributed by atoms with E-state index in [1.54, 1.807) is 0 Å². The van der Waals surface area contributed by atoms with Gasteiger partial charge >= 0.3 is 0 Å².